The fourth-order valence-electron chi connectivity index (χ4n) is 2.18. The van der Waals surface area contributed by atoms with Crippen molar-refractivity contribution in [3.05, 3.63) is 46.0 Å². The van der Waals surface area contributed by atoms with Crippen molar-refractivity contribution in [1.29, 1.82) is 0 Å². The van der Waals surface area contributed by atoms with Crippen LogP contribution in [-0.2, 0) is 14.8 Å². The smallest absolute Gasteiger partial charge is 0.243 e. The Morgan fingerprint density at radius 3 is 2.27 bits per heavy atom. The van der Waals surface area contributed by atoms with Crippen LogP contribution in [0.3, 0.4) is 0 Å². The number of sulfonamides is 1. The van der Waals surface area contributed by atoms with E-state index in [-0.39, 0.29) is 11.4 Å². The number of hydrogen-bond acceptors (Lipinski definition) is 5. The Morgan fingerprint density at radius 1 is 1.08 bits per heavy atom. The first-order valence-electron chi connectivity index (χ1n) is 7.51. The predicted octanol–water partition coefficient (Wildman–Crippen LogP) is 2.57. The zero-order valence-electron chi connectivity index (χ0n) is 14.5. The number of rotatable bonds is 7. The molecule has 7 nitrogen and oxygen atoms in total. The number of halogens is 1. The average molecular weight is 490 g/mol. The molecule has 0 aliphatic carbocycles. The van der Waals surface area contributed by atoms with Gasteiger partial charge in [0.15, 0.2) is 11.5 Å². The molecule has 2 rings (SSSR count). The molecule has 0 saturated heterocycles. The van der Waals surface area contributed by atoms with Crippen LogP contribution in [0.1, 0.15) is 0 Å². The van der Waals surface area contributed by atoms with Crippen LogP contribution in [0.25, 0.3) is 0 Å². The van der Waals surface area contributed by atoms with E-state index in [0.29, 0.717) is 17.2 Å². The summed E-state index contributed by atoms with van der Waals surface area (Å²) in [6, 6.07) is 11.5. The van der Waals surface area contributed by atoms with E-state index in [4.69, 9.17) is 9.47 Å². The minimum atomic E-state index is -3.85. The number of anilines is 1. The highest BCUT2D eigenvalue weighted by Crippen LogP contribution is 2.30. The number of carbonyl (C=O) groups is 1. The van der Waals surface area contributed by atoms with Gasteiger partial charge in [-0.1, -0.05) is 0 Å². The van der Waals surface area contributed by atoms with E-state index in [2.05, 4.69) is 27.9 Å². The van der Waals surface area contributed by atoms with Crippen LogP contribution in [-0.4, -0.2) is 46.4 Å². The number of carbonyl (C=O) groups excluding carboxylic acids is 1. The third kappa shape index (κ3) is 4.86. The van der Waals surface area contributed by atoms with Crippen LogP contribution in [0.5, 0.6) is 11.5 Å². The largest absolute Gasteiger partial charge is 0.493 e. The minimum Gasteiger partial charge on any atom is -0.493 e. The molecule has 26 heavy (non-hydrogen) atoms. The van der Waals surface area contributed by atoms with Gasteiger partial charge >= 0.3 is 0 Å². The van der Waals surface area contributed by atoms with Gasteiger partial charge < -0.3 is 14.8 Å². The van der Waals surface area contributed by atoms with E-state index in [9.17, 15) is 13.2 Å². The number of amides is 1. The van der Waals surface area contributed by atoms with Gasteiger partial charge in [-0.15, -0.1) is 0 Å². The Morgan fingerprint density at radius 2 is 1.69 bits per heavy atom. The van der Waals surface area contributed by atoms with Crippen LogP contribution >= 0.6 is 22.6 Å². The topological polar surface area (TPSA) is 84.9 Å². The summed E-state index contributed by atoms with van der Waals surface area (Å²) >= 11 is 2.16. The quantitative estimate of drug-likeness (QED) is 0.604. The Balaban J connectivity index is 2.13. The summed E-state index contributed by atoms with van der Waals surface area (Å²) in [5, 5.41) is 2.67. The van der Waals surface area contributed by atoms with Gasteiger partial charge in [-0.2, -0.15) is 4.31 Å². The Kier molecular flexibility index (Phi) is 6.84. The fraction of sp³-hybridized carbons (Fsp3) is 0.235. The van der Waals surface area contributed by atoms with Gasteiger partial charge in [-0.25, -0.2) is 8.42 Å². The van der Waals surface area contributed by atoms with Gasteiger partial charge in [0.2, 0.25) is 15.9 Å². The van der Waals surface area contributed by atoms with Gasteiger partial charge in [-0.05, 0) is 59.0 Å². The van der Waals surface area contributed by atoms with Crippen molar-refractivity contribution in [2.45, 2.75) is 4.90 Å². The van der Waals surface area contributed by atoms with Crippen LogP contribution in [0.4, 0.5) is 5.69 Å². The molecule has 0 aromatic heterocycles. The molecule has 1 amide bonds. The molecular weight excluding hydrogens is 471 g/mol. The van der Waals surface area contributed by atoms with E-state index in [1.807, 2.05) is 12.1 Å². The number of likely N-dealkylation sites (N-methyl/N-ethyl adjacent to an activating group) is 1. The molecule has 0 bridgehead atoms. The van der Waals surface area contributed by atoms with Crippen molar-refractivity contribution in [2.24, 2.45) is 0 Å². The highest BCUT2D eigenvalue weighted by molar-refractivity contribution is 14.1. The number of nitrogens with zero attached hydrogens (tertiary/aromatic N) is 1. The first kappa shape index (κ1) is 20.5. The Bertz CT molecular complexity index is 885. The third-order valence-electron chi connectivity index (χ3n) is 3.56. The lowest BCUT2D eigenvalue weighted by atomic mass is 10.3. The molecule has 0 atom stereocenters. The molecule has 0 fully saturated rings. The molecule has 140 valence electrons. The molecule has 0 radical (unpaired) electrons. The first-order valence-corrected chi connectivity index (χ1v) is 10.0. The summed E-state index contributed by atoms with van der Waals surface area (Å²) < 4.78 is 37.6. The number of methoxy groups -OCH3 is 2. The van der Waals surface area contributed by atoms with Crippen molar-refractivity contribution in [1.82, 2.24) is 4.31 Å². The van der Waals surface area contributed by atoms with Gasteiger partial charge in [0.25, 0.3) is 0 Å². The number of ether oxygens (including phenoxy) is 2. The summed E-state index contributed by atoms with van der Waals surface area (Å²) in [6.45, 7) is -0.317. The lowest BCUT2D eigenvalue weighted by Crippen LogP contribution is -2.35. The molecule has 0 aliphatic heterocycles. The zero-order chi connectivity index (χ0) is 19.3. The number of hydrogen-bond donors (Lipinski definition) is 1. The summed E-state index contributed by atoms with van der Waals surface area (Å²) in [7, 11) is 0.380. The Hall–Kier alpha value is -1.85. The maximum Gasteiger partial charge on any atom is 0.243 e. The number of nitrogens with one attached hydrogen (secondary N) is 1. The van der Waals surface area contributed by atoms with E-state index in [1.54, 1.807) is 12.1 Å². The van der Waals surface area contributed by atoms with Crippen LogP contribution in [0.2, 0.25) is 0 Å². The molecule has 0 heterocycles. The van der Waals surface area contributed by atoms with Gasteiger partial charge in [0.1, 0.15) is 0 Å². The van der Waals surface area contributed by atoms with Crippen molar-refractivity contribution < 1.29 is 22.7 Å². The molecular formula is C17H19IN2O5S. The van der Waals surface area contributed by atoms with Crippen LogP contribution in [0.15, 0.2) is 47.4 Å². The van der Waals surface area contributed by atoms with Crippen molar-refractivity contribution in [3.63, 3.8) is 0 Å². The maximum absolute atomic E-state index is 12.7. The second-order valence-corrected chi connectivity index (χ2v) is 8.62. The van der Waals surface area contributed by atoms with Gasteiger partial charge in [0, 0.05) is 22.4 Å². The van der Waals surface area contributed by atoms with E-state index in [0.717, 1.165) is 7.88 Å². The number of benzene rings is 2. The van der Waals surface area contributed by atoms with Crippen molar-refractivity contribution in [3.8, 4) is 11.5 Å². The monoisotopic (exact) mass is 490 g/mol. The molecule has 0 aliphatic rings. The lowest BCUT2D eigenvalue weighted by Gasteiger charge is -2.18. The highest BCUT2D eigenvalue weighted by atomic mass is 127. The van der Waals surface area contributed by atoms with Crippen molar-refractivity contribution >= 4 is 44.2 Å². The summed E-state index contributed by atoms with van der Waals surface area (Å²) in [5.74, 6) is 0.286. The highest BCUT2D eigenvalue weighted by Gasteiger charge is 2.24. The van der Waals surface area contributed by atoms with Gasteiger partial charge in [0.05, 0.1) is 25.7 Å². The van der Waals surface area contributed by atoms with Crippen LogP contribution < -0.4 is 14.8 Å². The standard InChI is InChI=1S/C17H19IN2O5S/c1-20(11-17(21)19-13-6-4-12(18)5-7-13)26(22,23)14-8-9-15(24-2)16(10-14)25-3/h4-10H,11H2,1-3H3,(H,19,21). The van der Waals surface area contributed by atoms with Crippen molar-refractivity contribution in [2.75, 3.05) is 33.1 Å². The average Bonchev–Trinajstić information content (AvgIpc) is 2.62. The van der Waals surface area contributed by atoms with E-state index in [1.165, 1.54) is 39.5 Å². The molecule has 0 spiro atoms. The van der Waals surface area contributed by atoms with E-state index < -0.39 is 15.9 Å². The molecule has 2 aromatic carbocycles. The second kappa shape index (κ2) is 8.69. The molecule has 9 heteroatoms. The summed E-state index contributed by atoms with van der Waals surface area (Å²) in [6.07, 6.45) is 0. The maximum atomic E-state index is 12.7. The SMILES string of the molecule is COc1ccc(S(=O)(=O)N(C)CC(=O)Nc2ccc(I)cc2)cc1OC. The molecule has 0 saturated carbocycles. The Labute approximate surface area is 166 Å². The first-order chi connectivity index (χ1) is 12.3. The molecule has 2 aromatic rings. The second-order valence-electron chi connectivity index (χ2n) is 5.33. The predicted molar refractivity (Wildman–Crippen MR) is 107 cm³/mol. The lowest BCUT2D eigenvalue weighted by molar-refractivity contribution is -0.116. The summed E-state index contributed by atoms with van der Waals surface area (Å²) in [4.78, 5) is 12.2. The fourth-order valence-corrected chi connectivity index (χ4v) is 3.68. The summed E-state index contributed by atoms with van der Waals surface area (Å²) in [5.41, 5.74) is 0.604. The van der Waals surface area contributed by atoms with Crippen LogP contribution in [0, 0.1) is 3.57 Å². The van der Waals surface area contributed by atoms with E-state index >= 15 is 0 Å². The molecule has 1 N–H and O–H groups in total. The van der Waals surface area contributed by atoms with Gasteiger partial charge in [-0.3, -0.25) is 4.79 Å². The normalized spacial score (nSPS) is 11.3. The zero-order valence-corrected chi connectivity index (χ0v) is 17.5. The third-order valence-corrected chi connectivity index (χ3v) is 6.08. The molecule has 0 unspecified atom stereocenters. The minimum absolute atomic E-state index is 0.0136.